The molecule has 0 bridgehead atoms. The Balaban J connectivity index is 2.97. The molecule has 2 amide bonds. The van der Waals surface area contributed by atoms with Crippen LogP contribution in [0.5, 0.6) is 0 Å². The SMILES string of the molecule is CC(C)(C)c1cc(C(=O)NCC(=O)NCC(=O)[O-])cc(C(C)(C)C)c1. The van der Waals surface area contributed by atoms with Crippen LogP contribution in [0.15, 0.2) is 18.2 Å². The summed E-state index contributed by atoms with van der Waals surface area (Å²) in [6.07, 6.45) is 0. The molecule has 0 aliphatic heterocycles. The Bertz CT molecular complexity index is 635. The fourth-order valence-electron chi connectivity index (χ4n) is 2.12. The van der Waals surface area contributed by atoms with Crippen molar-refractivity contribution in [1.29, 1.82) is 0 Å². The minimum Gasteiger partial charge on any atom is -0.548 e. The second kappa shape index (κ2) is 7.68. The van der Waals surface area contributed by atoms with Crippen molar-refractivity contribution >= 4 is 17.8 Å². The van der Waals surface area contributed by atoms with Crippen LogP contribution in [-0.2, 0) is 20.4 Å². The third-order valence-electron chi connectivity index (χ3n) is 3.77. The highest BCUT2D eigenvalue weighted by Crippen LogP contribution is 2.30. The first kappa shape index (κ1) is 20.7. The van der Waals surface area contributed by atoms with E-state index in [9.17, 15) is 19.5 Å². The highest BCUT2D eigenvalue weighted by Gasteiger charge is 2.22. The summed E-state index contributed by atoms with van der Waals surface area (Å²) in [6, 6.07) is 5.75. The highest BCUT2D eigenvalue weighted by molar-refractivity contribution is 5.97. The average Bonchev–Trinajstić information content (AvgIpc) is 2.48. The van der Waals surface area contributed by atoms with Crippen LogP contribution in [0.2, 0.25) is 0 Å². The molecule has 0 heterocycles. The Morgan fingerprint density at radius 1 is 0.840 bits per heavy atom. The molecule has 0 unspecified atom stereocenters. The maximum absolute atomic E-state index is 12.4. The van der Waals surface area contributed by atoms with E-state index in [4.69, 9.17) is 0 Å². The number of rotatable bonds is 5. The summed E-state index contributed by atoms with van der Waals surface area (Å²) in [5.41, 5.74) is 2.30. The lowest BCUT2D eigenvalue weighted by atomic mass is 9.79. The van der Waals surface area contributed by atoms with Crippen molar-refractivity contribution in [3.8, 4) is 0 Å². The highest BCUT2D eigenvalue weighted by atomic mass is 16.4. The molecular weight excluding hydrogens is 320 g/mol. The van der Waals surface area contributed by atoms with Gasteiger partial charge in [-0.3, -0.25) is 9.59 Å². The molecule has 0 radical (unpaired) electrons. The number of carbonyl (C=O) groups is 3. The van der Waals surface area contributed by atoms with Gasteiger partial charge in [0.05, 0.1) is 19.1 Å². The minimum absolute atomic E-state index is 0.123. The number of amides is 2. The molecule has 0 spiro atoms. The summed E-state index contributed by atoms with van der Waals surface area (Å²) in [5.74, 6) is -2.34. The van der Waals surface area contributed by atoms with Crippen molar-refractivity contribution < 1.29 is 19.5 Å². The van der Waals surface area contributed by atoms with Gasteiger partial charge >= 0.3 is 0 Å². The standard InChI is InChI=1S/C19H28N2O4/c1-18(2,3)13-7-12(8-14(9-13)19(4,5)6)17(25)21-10-15(22)20-11-16(23)24/h7-9H,10-11H2,1-6H3,(H,20,22)(H,21,25)(H,23,24)/p-1. The summed E-state index contributed by atoms with van der Waals surface area (Å²) in [4.78, 5) is 34.3. The van der Waals surface area contributed by atoms with Crippen LogP contribution < -0.4 is 15.7 Å². The molecule has 1 rings (SSSR count). The number of carboxylic acid groups (broad SMARTS) is 1. The van der Waals surface area contributed by atoms with Gasteiger partial charge in [0.1, 0.15) is 0 Å². The van der Waals surface area contributed by atoms with Crippen molar-refractivity contribution in [3.05, 3.63) is 34.9 Å². The summed E-state index contributed by atoms with van der Waals surface area (Å²) >= 11 is 0. The van der Waals surface area contributed by atoms with Crippen molar-refractivity contribution in [3.63, 3.8) is 0 Å². The van der Waals surface area contributed by atoms with E-state index in [-0.39, 0.29) is 23.3 Å². The average molecular weight is 347 g/mol. The van der Waals surface area contributed by atoms with E-state index >= 15 is 0 Å². The first-order valence-corrected chi connectivity index (χ1v) is 8.21. The second-order valence-corrected chi connectivity index (χ2v) is 8.13. The van der Waals surface area contributed by atoms with Gasteiger partial charge in [-0.15, -0.1) is 0 Å². The lowest BCUT2D eigenvalue weighted by Gasteiger charge is -2.26. The molecule has 0 saturated carbocycles. The molecular formula is C19H27N2O4-. The summed E-state index contributed by atoms with van der Waals surface area (Å²) in [6.45, 7) is 11.6. The largest absolute Gasteiger partial charge is 0.548 e. The molecule has 6 nitrogen and oxygen atoms in total. The van der Waals surface area contributed by atoms with E-state index in [0.29, 0.717) is 5.56 Å². The van der Waals surface area contributed by atoms with E-state index in [1.54, 1.807) is 0 Å². The van der Waals surface area contributed by atoms with Crippen LogP contribution in [-0.4, -0.2) is 30.9 Å². The van der Waals surface area contributed by atoms with Gasteiger partial charge in [0, 0.05) is 5.56 Å². The molecule has 0 aliphatic rings. The lowest BCUT2D eigenvalue weighted by molar-refractivity contribution is -0.304. The third kappa shape index (κ3) is 6.57. The van der Waals surface area contributed by atoms with E-state index in [2.05, 4.69) is 58.2 Å². The number of carboxylic acids is 1. The van der Waals surface area contributed by atoms with Crippen molar-refractivity contribution in [1.82, 2.24) is 10.6 Å². The maximum Gasteiger partial charge on any atom is 0.251 e. The van der Waals surface area contributed by atoms with Gasteiger partial charge in [0.15, 0.2) is 0 Å². The minimum atomic E-state index is -1.38. The zero-order chi connectivity index (χ0) is 19.4. The number of hydrogen-bond acceptors (Lipinski definition) is 4. The Kier molecular flexibility index (Phi) is 6.35. The normalized spacial score (nSPS) is 11.8. The van der Waals surface area contributed by atoms with Gasteiger partial charge < -0.3 is 20.5 Å². The fourth-order valence-corrected chi connectivity index (χ4v) is 2.12. The number of benzene rings is 1. The van der Waals surface area contributed by atoms with Crippen LogP contribution in [0.25, 0.3) is 0 Å². The van der Waals surface area contributed by atoms with Crippen LogP contribution in [0, 0.1) is 0 Å². The predicted molar refractivity (Wildman–Crippen MR) is 94.2 cm³/mol. The molecule has 1 aromatic rings. The maximum atomic E-state index is 12.4. The van der Waals surface area contributed by atoms with Crippen molar-refractivity contribution in [2.24, 2.45) is 0 Å². The molecule has 0 fully saturated rings. The monoisotopic (exact) mass is 347 g/mol. The quantitative estimate of drug-likeness (QED) is 0.826. The van der Waals surface area contributed by atoms with Crippen molar-refractivity contribution in [2.75, 3.05) is 13.1 Å². The number of aliphatic carboxylic acids is 1. The zero-order valence-electron chi connectivity index (χ0n) is 15.8. The zero-order valence-corrected chi connectivity index (χ0v) is 15.8. The third-order valence-corrected chi connectivity index (χ3v) is 3.77. The lowest BCUT2D eigenvalue weighted by Crippen LogP contribution is -2.42. The van der Waals surface area contributed by atoms with Crippen LogP contribution in [0.4, 0.5) is 0 Å². The molecule has 25 heavy (non-hydrogen) atoms. The van der Waals surface area contributed by atoms with Gasteiger partial charge in [0.2, 0.25) is 5.91 Å². The molecule has 0 saturated heterocycles. The Labute approximate surface area is 149 Å². The molecule has 2 N–H and O–H groups in total. The van der Waals surface area contributed by atoms with Gasteiger partial charge in [-0.2, -0.15) is 0 Å². The first-order valence-electron chi connectivity index (χ1n) is 8.21. The van der Waals surface area contributed by atoms with Crippen LogP contribution in [0.1, 0.15) is 63.0 Å². The van der Waals surface area contributed by atoms with Gasteiger partial charge in [-0.25, -0.2) is 0 Å². The number of nitrogens with one attached hydrogen (secondary N) is 2. The van der Waals surface area contributed by atoms with E-state index in [1.807, 2.05) is 12.1 Å². The summed E-state index contributed by atoms with van der Waals surface area (Å²) in [5, 5.41) is 15.0. The topological polar surface area (TPSA) is 98.3 Å². The Morgan fingerprint density at radius 3 is 1.72 bits per heavy atom. The molecule has 138 valence electrons. The molecule has 1 aromatic carbocycles. The fraction of sp³-hybridized carbons (Fsp3) is 0.526. The Morgan fingerprint density at radius 2 is 1.32 bits per heavy atom. The predicted octanol–water partition coefficient (Wildman–Crippen LogP) is 0.878. The number of hydrogen-bond donors (Lipinski definition) is 2. The second-order valence-electron chi connectivity index (χ2n) is 8.13. The summed E-state index contributed by atoms with van der Waals surface area (Å²) in [7, 11) is 0. The van der Waals surface area contributed by atoms with E-state index < -0.39 is 18.4 Å². The summed E-state index contributed by atoms with van der Waals surface area (Å²) < 4.78 is 0. The molecule has 6 heteroatoms. The van der Waals surface area contributed by atoms with E-state index in [0.717, 1.165) is 11.1 Å². The molecule has 0 aromatic heterocycles. The molecule has 0 atom stereocenters. The van der Waals surface area contributed by atoms with E-state index in [1.165, 1.54) is 0 Å². The van der Waals surface area contributed by atoms with Gasteiger partial charge in [-0.05, 0) is 34.1 Å². The van der Waals surface area contributed by atoms with Gasteiger partial charge in [-0.1, -0.05) is 47.6 Å². The molecule has 0 aliphatic carbocycles. The van der Waals surface area contributed by atoms with Crippen LogP contribution in [0.3, 0.4) is 0 Å². The van der Waals surface area contributed by atoms with Crippen molar-refractivity contribution in [2.45, 2.75) is 52.4 Å². The first-order chi connectivity index (χ1) is 11.3. The number of carbonyl (C=O) groups excluding carboxylic acids is 3. The smallest absolute Gasteiger partial charge is 0.251 e. The Hall–Kier alpha value is -2.37. The van der Waals surface area contributed by atoms with Gasteiger partial charge in [0.25, 0.3) is 5.91 Å². The van der Waals surface area contributed by atoms with Crippen LogP contribution >= 0.6 is 0 Å².